The number of rotatable bonds is 3. The lowest BCUT2D eigenvalue weighted by molar-refractivity contribution is -0.119. The summed E-state index contributed by atoms with van der Waals surface area (Å²) in [6.45, 7) is 3.54. The maximum atomic E-state index is 12.0. The van der Waals surface area contributed by atoms with Crippen molar-refractivity contribution in [3.8, 4) is 0 Å². The summed E-state index contributed by atoms with van der Waals surface area (Å²) >= 11 is 0. The zero-order chi connectivity index (χ0) is 13.8. The van der Waals surface area contributed by atoms with E-state index in [-0.39, 0.29) is 5.91 Å². The van der Waals surface area contributed by atoms with Gasteiger partial charge in [-0.05, 0) is 37.3 Å². The number of likely N-dealkylation sites (tertiary alicyclic amines) is 1. The predicted molar refractivity (Wildman–Crippen MR) is 74.2 cm³/mol. The van der Waals surface area contributed by atoms with E-state index >= 15 is 0 Å². The maximum absolute atomic E-state index is 12.0. The fourth-order valence-corrected chi connectivity index (χ4v) is 2.67. The van der Waals surface area contributed by atoms with Crippen LogP contribution in [0.1, 0.15) is 40.2 Å². The van der Waals surface area contributed by atoms with Crippen molar-refractivity contribution < 1.29 is 9.59 Å². The Hall–Kier alpha value is -1.84. The van der Waals surface area contributed by atoms with Gasteiger partial charge in [0.15, 0.2) is 0 Å². The van der Waals surface area contributed by atoms with Crippen molar-refractivity contribution in [2.24, 2.45) is 0 Å². The van der Waals surface area contributed by atoms with Gasteiger partial charge < -0.3 is 10.2 Å². The largest absolute Gasteiger partial charge is 0.355 e. The van der Waals surface area contributed by atoms with Crippen molar-refractivity contribution in [1.29, 1.82) is 0 Å². The Morgan fingerprint density at radius 1 is 1.37 bits per heavy atom. The molecule has 2 rings (SSSR count). The van der Waals surface area contributed by atoms with Gasteiger partial charge in [-0.25, -0.2) is 0 Å². The Balaban J connectivity index is 2.24. The van der Waals surface area contributed by atoms with Crippen LogP contribution in [-0.4, -0.2) is 37.4 Å². The van der Waals surface area contributed by atoms with Crippen molar-refractivity contribution in [2.75, 3.05) is 20.1 Å². The first-order valence-corrected chi connectivity index (χ1v) is 6.67. The smallest absolute Gasteiger partial charge is 0.251 e. The lowest BCUT2D eigenvalue weighted by Gasteiger charge is -2.30. The van der Waals surface area contributed by atoms with Gasteiger partial charge in [-0.1, -0.05) is 17.7 Å². The molecule has 2 amide bonds. The number of benzene rings is 1. The van der Waals surface area contributed by atoms with E-state index in [0.29, 0.717) is 5.92 Å². The van der Waals surface area contributed by atoms with Crippen molar-refractivity contribution >= 4 is 12.3 Å². The summed E-state index contributed by atoms with van der Waals surface area (Å²) < 4.78 is 0. The molecular formula is C15H20N2O2. The molecule has 0 aromatic heterocycles. The van der Waals surface area contributed by atoms with E-state index in [1.165, 1.54) is 0 Å². The molecule has 1 N–H and O–H groups in total. The van der Waals surface area contributed by atoms with Crippen LogP contribution < -0.4 is 5.32 Å². The van der Waals surface area contributed by atoms with Gasteiger partial charge in [-0.15, -0.1) is 0 Å². The zero-order valence-corrected chi connectivity index (χ0v) is 11.5. The van der Waals surface area contributed by atoms with Crippen LogP contribution in [-0.2, 0) is 4.79 Å². The molecule has 1 aliphatic rings. The third kappa shape index (κ3) is 2.95. The molecule has 19 heavy (non-hydrogen) atoms. The van der Waals surface area contributed by atoms with E-state index < -0.39 is 0 Å². The highest BCUT2D eigenvalue weighted by molar-refractivity contribution is 5.95. The standard InChI is InChI=1S/C15H20N2O2/c1-11-3-4-13(14(9-11)15(19)16-2)12-5-7-17(10-18)8-6-12/h3-4,9-10,12H,5-8H2,1-2H3,(H,16,19). The Bertz CT molecular complexity index is 477. The van der Waals surface area contributed by atoms with Crippen LogP contribution in [0.4, 0.5) is 0 Å². The number of carbonyl (C=O) groups excluding carboxylic acids is 2. The molecule has 4 heteroatoms. The highest BCUT2D eigenvalue weighted by atomic mass is 16.1. The first-order chi connectivity index (χ1) is 9.15. The third-order valence-corrected chi connectivity index (χ3v) is 3.80. The van der Waals surface area contributed by atoms with Crippen LogP contribution in [0.5, 0.6) is 0 Å². The molecule has 102 valence electrons. The van der Waals surface area contributed by atoms with Crippen molar-refractivity contribution in [3.05, 3.63) is 34.9 Å². The van der Waals surface area contributed by atoms with E-state index in [4.69, 9.17) is 0 Å². The number of hydrogen-bond donors (Lipinski definition) is 1. The molecule has 1 aromatic carbocycles. The minimum Gasteiger partial charge on any atom is -0.355 e. The summed E-state index contributed by atoms with van der Waals surface area (Å²) in [6, 6.07) is 6.05. The normalized spacial score (nSPS) is 16.2. The molecule has 0 aliphatic carbocycles. The lowest BCUT2D eigenvalue weighted by atomic mass is 9.85. The summed E-state index contributed by atoms with van der Waals surface area (Å²) in [6.07, 6.45) is 2.75. The second-order valence-corrected chi connectivity index (χ2v) is 5.09. The number of amides is 2. The van der Waals surface area contributed by atoms with Gasteiger partial charge in [0.05, 0.1) is 0 Å². The molecule has 0 unspecified atom stereocenters. The third-order valence-electron chi connectivity index (χ3n) is 3.80. The van der Waals surface area contributed by atoms with E-state index in [1.54, 1.807) is 11.9 Å². The minimum absolute atomic E-state index is 0.0310. The Kier molecular flexibility index (Phi) is 4.20. The molecule has 0 radical (unpaired) electrons. The summed E-state index contributed by atoms with van der Waals surface area (Å²) in [5.74, 6) is 0.334. The Morgan fingerprint density at radius 3 is 2.63 bits per heavy atom. The van der Waals surface area contributed by atoms with Crippen LogP contribution in [0, 0.1) is 6.92 Å². The van der Waals surface area contributed by atoms with Gasteiger partial charge in [-0.2, -0.15) is 0 Å². The number of piperidine rings is 1. The highest BCUT2D eigenvalue weighted by Gasteiger charge is 2.23. The Morgan fingerprint density at radius 2 is 2.05 bits per heavy atom. The van der Waals surface area contributed by atoms with Gasteiger partial charge in [0.2, 0.25) is 6.41 Å². The molecule has 0 bridgehead atoms. The predicted octanol–water partition coefficient (Wildman–Crippen LogP) is 1.69. The van der Waals surface area contributed by atoms with Gasteiger partial charge in [0.25, 0.3) is 5.91 Å². The Labute approximate surface area is 113 Å². The van der Waals surface area contributed by atoms with Crippen molar-refractivity contribution in [2.45, 2.75) is 25.7 Å². The van der Waals surface area contributed by atoms with Crippen LogP contribution >= 0.6 is 0 Å². The van der Waals surface area contributed by atoms with Gasteiger partial charge in [0, 0.05) is 25.7 Å². The summed E-state index contributed by atoms with van der Waals surface area (Å²) in [5.41, 5.74) is 2.97. The quantitative estimate of drug-likeness (QED) is 0.841. The number of aryl methyl sites for hydroxylation is 1. The molecule has 0 spiro atoms. The van der Waals surface area contributed by atoms with E-state index in [1.807, 2.05) is 19.1 Å². The number of nitrogens with zero attached hydrogens (tertiary/aromatic N) is 1. The topological polar surface area (TPSA) is 49.4 Å². The van der Waals surface area contributed by atoms with E-state index in [9.17, 15) is 9.59 Å². The van der Waals surface area contributed by atoms with Crippen LogP contribution in [0.15, 0.2) is 18.2 Å². The maximum Gasteiger partial charge on any atom is 0.251 e. The van der Waals surface area contributed by atoms with Crippen molar-refractivity contribution in [1.82, 2.24) is 10.2 Å². The molecule has 1 aromatic rings. The average molecular weight is 260 g/mol. The monoisotopic (exact) mass is 260 g/mol. The molecular weight excluding hydrogens is 240 g/mol. The highest BCUT2D eigenvalue weighted by Crippen LogP contribution is 2.30. The second kappa shape index (κ2) is 5.87. The molecule has 4 nitrogen and oxygen atoms in total. The van der Waals surface area contributed by atoms with Crippen LogP contribution in [0.2, 0.25) is 0 Å². The number of nitrogens with one attached hydrogen (secondary N) is 1. The second-order valence-electron chi connectivity index (χ2n) is 5.09. The fraction of sp³-hybridized carbons (Fsp3) is 0.467. The van der Waals surface area contributed by atoms with Crippen molar-refractivity contribution in [3.63, 3.8) is 0 Å². The minimum atomic E-state index is -0.0310. The lowest BCUT2D eigenvalue weighted by Crippen LogP contribution is -2.32. The summed E-state index contributed by atoms with van der Waals surface area (Å²) in [4.78, 5) is 24.5. The van der Waals surface area contributed by atoms with E-state index in [0.717, 1.165) is 49.0 Å². The van der Waals surface area contributed by atoms with Gasteiger partial charge in [0.1, 0.15) is 0 Å². The summed E-state index contributed by atoms with van der Waals surface area (Å²) in [7, 11) is 1.66. The fourth-order valence-electron chi connectivity index (χ4n) is 2.67. The number of carbonyl (C=O) groups is 2. The SMILES string of the molecule is CNC(=O)c1cc(C)ccc1C1CCN(C=O)CC1. The van der Waals surface area contributed by atoms with Gasteiger partial charge >= 0.3 is 0 Å². The summed E-state index contributed by atoms with van der Waals surface area (Å²) in [5, 5.41) is 2.70. The van der Waals surface area contributed by atoms with Crippen LogP contribution in [0.25, 0.3) is 0 Å². The average Bonchev–Trinajstić information content (AvgIpc) is 2.46. The first kappa shape index (κ1) is 13.6. The van der Waals surface area contributed by atoms with E-state index in [2.05, 4.69) is 11.4 Å². The van der Waals surface area contributed by atoms with Gasteiger partial charge in [-0.3, -0.25) is 9.59 Å². The van der Waals surface area contributed by atoms with Crippen LogP contribution in [0.3, 0.4) is 0 Å². The molecule has 1 heterocycles. The molecule has 1 aliphatic heterocycles. The molecule has 0 atom stereocenters. The molecule has 1 fully saturated rings. The molecule has 0 saturated carbocycles. The number of hydrogen-bond acceptors (Lipinski definition) is 2. The molecule has 1 saturated heterocycles. The first-order valence-electron chi connectivity index (χ1n) is 6.67. The zero-order valence-electron chi connectivity index (χ0n) is 11.5.